The number of anilines is 1. The fourth-order valence-corrected chi connectivity index (χ4v) is 3.66. The summed E-state index contributed by atoms with van der Waals surface area (Å²) in [5.74, 6) is -1.75. The standard InChI is InChI=1S/C21H18ClN3O5S/c1-2-9-30-20(28)15-11-14(3-4-16(15)22)24-18(26)12-25-19(27)17(31-21(25)29)10-13-5-7-23-8-6-13/h3-8,10-11H,2,9,12H2,1H3,(H,24,26)/b17-10+. The number of halogens is 1. The molecular formula is C21H18ClN3O5S. The van der Waals surface area contributed by atoms with Gasteiger partial charge in [0.2, 0.25) is 5.91 Å². The van der Waals surface area contributed by atoms with Gasteiger partial charge in [0.05, 0.1) is 22.1 Å². The average Bonchev–Trinajstić information content (AvgIpc) is 3.01. The fourth-order valence-electron chi connectivity index (χ4n) is 2.62. The summed E-state index contributed by atoms with van der Waals surface area (Å²) in [6.45, 7) is 1.65. The highest BCUT2D eigenvalue weighted by Gasteiger charge is 2.36. The van der Waals surface area contributed by atoms with E-state index in [1.54, 1.807) is 30.6 Å². The van der Waals surface area contributed by atoms with E-state index in [9.17, 15) is 19.2 Å². The second kappa shape index (κ2) is 10.2. The minimum atomic E-state index is -0.602. The Labute approximate surface area is 187 Å². The Bertz CT molecular complexity index is 1060. The largest absolute Gasteiger partial charge is 0.462 e. The topological polar surface area (TPSA) is 106 Å². The number of rotatable bonds is 7. The molecule has 2 heterocycles. The zero-order valence-electron chi connectivity index (χ0n) is 16.5. The van der Waals surface area contributed by atoms with E-state index < -0.39 is 29.6 Å². The quantitative estimate of drug-likeness (QED) is 0.493. The summed E-state index contributed by atoms with van der Waals surface area (Å²) in [4.78, 5) is 54.2. The number of aromatic nitrogens is 1. The van der Waals surface area contributed by atoms with E-state index in [0.29, 0.717) is 12.0 Å². The molecule has 0 atom stereocenters. The second-order valence-corrected chi connectivity index (χ2v) is 7.83. The van der Waals surface area contributed by atoms with Crippen molar-refractivity contribution in [2.24, 2.45) is 0 Å². The molecule has 1 aromatic carbocycles. The first kappa shape index (κ1) is 22.5. The first-order chi connectivity index (χ1) is 14.9. The number of hydrogen-bond donors (Lipinski definition) is 1. The van der Waals surface area contributed by atoms with Gasteiger partial charge in [0.15, 0.2) is 0 Å². The van der Waals surface area contributed by atoms with Crippen molar-refractivity contribution in [2.45, 2.75) is 13.3 Å². The number of benzene rings is 1. The number of pyridine rings is 1. The highest BCUT2D eigenvalue weighted by Crippen LogP contribution is 2.32. The van der Waals surface area contributed by atoms with Crippen molar-refractivity contribution in [1.29, 1.82) is 0 Å². The lowest BCUT2D eigenvalue weighted by molar-refractivity contribution is -0.127. The molecule has 1 aliphatic rings. The summed E-state index contributed by atoms with van der Waals surface area (Å²) < 4.78 is 5.07. The van der Waals surface area contributed by atoms with Gasteiger partial charge in [-0.05, 0) is 60.2 Å². The maximum atomic E-state index is 12.5. The summed E-state index contributed by atoms with van der Waals surface area (Å²) in [5.41, 5.74) is 1.12. The number of esters is 1. The fraction of sp³-hybridized carbons (Fsp3) is 0.190. The summed E-state index contributed by atoms with van der Waals surface area (Å²) in [6, 6.07) is 7.75. The molecule has 8 nitrogen and oxygen atoms in total. The molecule has 0 unspecified atom stereocenters. The number of amides is 3. The van der Waals surface area contributed by atoms with Crippen molar-refractivity contribution >= 4 is 58.1 Å². The van der Waals surface area contributed by atoms with Gasteiger partial charge in [-0.3, -0.25) is 24.3 Å². The third kappa shape index (κ3) is 5.71. The number of nitrogens with one attached hydrogen (secondary N) is 1. The van der Waals surface area contributed by atoms with Gasteiger partial charge in [0.25, 0.3) is 11.1 Å². The zero-order chi connectivity index (χ0) is 22.4. The Morgan fingerprint density at radius 2 is 1.97 bits per heavy atom. The van der Waals surface area contributed by atoms with Crippen molar-refractivity contribution in [3.05, 3.63) is 63.8 Å². The minimum Gasteiger partial charge on any atom is -0.462 e. The molecule has 2 aromatic rings. The van der Waals surface area contributed by atoms with E-state index >= 15 is 0 Å². The molecular weight excluding hydrogens is 442 g/mol. The van der Waals surface area contributed by atoms with Crippen LogP contribution in [0, 0.1) is 0 Å². The van der Waals surface area contributed by atoms with Crippen molar-refractivity contribution in [1.82, 2.24) is 9.88 Å². The average molecular weight is 460 g/mol. The van der Waals surface area contributed by atoms with Crippen LogP contribution in [-0.2, 0) is 14.3 Å². The molecule has 0 bridgehead atoms. The molecule has 0 spiro atoms. The SMILES string of the molecule is CCCOC(=O)c1cc(NC(=O)CN2C(=O)S/C(=C/c3ccncc3)C2=O)ccc1Cl. The number of ether oxygens (including phenoxy) is 1. The molecule has 160 valence electrons. The predicted octanol–water partition coefficient (Wildman–Crippen LogP) is 3.98. The zero-order valence-corrected chi connectivity index (χ0v) is 18.0. The van der Waals surface area contributed by atoms with Crippen molar-refractivity contribution in [3.8, 4) is 0 Å². The van der Waals surface area contributed by atoms with Crippen molar-refractivity contribution in [3.63, 3.8) is 0 Å². The van der Waals surface area contributed by atoms with E-state index in [0.717, 1.165) is 16.7 Å². The highest BCUT2D eigenvalue weighted by molar-refractivity contribution is 8.18. The Morgan fingerprint density at radius 3 is 2.68 bits per heavy atom. The van der Waals surface area contributed by atoms with Crippen LogP contribution in [0.2, 0.25) is 5.02 Å². The maximum absolute atomic E-state index is 12.5. The first-order valence-corrected chi connectivity index (χ1v) is 10.5. The Morgan fingerprint density at radius 1 is 1.23 bits per heavy atom. The van der Waals surface area contributed by atoms with Crippen LogP contribution in [-0.4, -0.2) is 46.1 Å². The van der Waals surface area contributed by atoms with E-state index in [1.807, 2.05) is 6.92 Å². The van der Waals surface area contributed by atoms with Crippen LogP contribution >= 0.6 is 23.4 Å². The molecule has 1 fully saturated rings. The van der Waals surface area contributed by atoms with Crippen LogP contribution in [0.15, 0.2) is 47.6 Å². The number of nitrogens with zero attached hydrogens (tertiary/aromatic N) is 2. The predicted molar refractivity (Wildman–Crippen MR) is 118 cm³/mol. The molecule has 0 aliphatic carbocycles. The van der Waals surface area contributed by atoms with Gasteiger partial charge in [-0.25, -0.2) is 4.79 Å². The summed E-state index contributed by atoms with van der Waals surface area (Å²) in [5, 5.41) is 2.21. The molecule has 0 saturated carbocycles. The van der Waals surface area contributed by atoms with E-state index in [1.165, 1.54) is 18.2 Å². The van der Waals surface area contributed by atoms with Gasteiger partial charge < -0.3 is 10.1 Å². The van der Waals surface area contributed by atoms with Gasteiger partial charge in [0.1, 0.15) is 6.54 Å². The van der Waals surface area contributed by atoms with E-state index in [4.69, 9.17) is 16.3 Å². The molecule has 1 aromatic heterocycles. The van der Waals surface area contributed by atoms with Crippen LogP contribution in [0.4, 0.5) is 10.5 Å². The monoisotopic (exact) mass is 459 g/mol. The third-order valence-electron chi connectivity index (χ3n) is 4.09. The Kier molecular flexibility index (Phi) is 7.43. The van der Waals surface area contributed by atoms with Gasteiger partial charge in [-0.1, -0.05) is 18.5 Å². The smallest absolute Gasteiger partial charge is 0.339 e. The van der Waals surface area contributed by atoms with Crippen LogP contribution in [0.1, 0.15) is 29.3 Å². The molecule has 1 aliphatic heterocycles. The molecule has 3 rings (SSSR count). The summed E-state index contributed by atoms with van der Waals surface area (Å²) in [6.07, 6.45) is 5.37. The second-order valence-electron chi connectivity index (χ2n) is 6.43. The number of carbonyl (C=O) groups is 4. The number of hydrogen-bond acceptors (Lipinski definition) is 7. The van der Waals surface area contributed by atoms with Gasteiger partial charge >= 0.3 is 5.97 Å². The van der Waals surface area contributed by atoms with Gasteiger partial charge in [0, 0.05) is 18.1 Å². The Balaban J connectivity index is 1.67. The molecule has 3 amide bonds. The van der Waals surface area contributed by atoms with Gasteiger partial charge in [-0.2, -0.15) is 0 Å². The van der Waals surface area contributed by atoms with E-state index in [-0.39, 0.29) is 27.8 Å². The lowest BCUT2D eigenvalue weighted by Crippen LogP contribution is -2.36. The molecule has 31 heavy (non-hydrogen) atoms. The minimum absolute atomic E-state index is 0.111. The van der Waals surface area contributed by atoms with E-state index in [2.05, 4.69) is 10.3 Å². The highest BCUT2D eigenvalue weighted by atomic mass is 35.5. The lowest BCUT2D eigenvalue weighted by atomic mass is 10.2. The number of carbonyl (C=O) groups excluding carboxylic acids is 4. The molecule has 1 N–H and O–H groups in total. The third-order valence-corrected chi connectivity index (χ3v) is 5.32. The molecule has 10 heteroatoms. The van der Waals surface area contributed by atoms with Crippen LogP contribution in [0.3, 0.4) is 0 Å². The molecule has 1 saturated heterocycles. The first-order valence-electron chi connectivity index (χ1n) is 9.31. The van der Waals surface area contributed by atoms with Crippen LogP contribution in [0.25, 0.3) is 6.08 Å². The number of imide groups is 1. The van der Waals surface area contributed by atoms with Crippen molar-refractivity contribution in [2.75, 3.05) is 18.5 Å². The normalized spacial score (nSPS) is 14.8. The number of thioether (sulfide) groups is 1. The maximum Gasteiger partial charge on any atom is 0.339 e. The lowest BCUT2D eigenvalue weighted by Gasteiger charge is -2.13. The Hall–Kier alpha value is -3.17. The van der Waals surface area contributed by atoms with Crippen LogP contribution < -0.4 is 5.32 Å². The molecule has 0 radical (unpaired) electrons. The van der Waals surface area contributed by atoms with Crippen LogP contribution in [0.5, 0.6) is 0 Å². The summed E-state index contributed by atoms with van der Waals surface area (Å²) >= 11 is 6.80. The summed E-state index contributed by atoms with van der Waals surface area (Å²) in [7, 11) is 0. The van der Waals surface area contributed by atoms with Crippen molar-refractivity contribution < 1.29 is 23.9 Å². The van der Waals surface area contributed by atoms with Gasteiger partial charge in [-0.15, -0.1) is 0 Å².